The Morgan fingerprint density at radius 1 is 1.29 bits per heavy atom. The van der Waals surface area contributed by atoms with Crippen molar-refractivity contribution in [1.29, 1.82) is 0 Å². The van der Waals surface area contributed by atoms with E-state index < -0.39 is 10.0 Å². The first-order valence-corrected chi connectivity index (χ1v) is 9.13. The number of hydrogen-bond acceptors (Lipinski definition) is 4. The topological polar surface area (TPSA) is 71.3 Å². The van der Waals surface area contributed by atoms with Gasteiger partial charge in [-0.25, -0.2) is 0 Å². The van der Waals surface area contributed by atoms with E-state index in [-0.39, 0.29) is 5.09 Å². The first kappa shape index (κ1) is 16.6. The lowest BCUT2D eigenvalue weighted by Crippen LogP contribution is -2.13. The predicted octanol–water partition coefficient (Wildman–Crippen LogP) is 3.45. The van der Waals surface area contributed by atoms with Crippen molar-refractivity contribution >= 4 is 49.9 Å². The average Bonchev–Trinajstić information content (AvgIpc) is 2.89. The molecule has 5 nitrogen and oxygen atoms in total. The quantitative estimate of drug-likeness (QED) is 0.675. The monoisotopic (exact) mass is 440 g/mol. The van der Waals surface area contributed by atoms with Crippen LogP contribution >= 0.6 is 34.2 Å². The van der Waals surface area contributed by atoms with E-state index >= 15 is 0 Å². The largest absolute Gasteiger partial charge is 0.446 e. The fourth-order valence-electron chi connectivity index (χ4n) is 1.61. The molecule has 0 unspecified atom stereocenters. The van der Waals surface area contributed by atoms with Crippen molar-refractivity contribution in [3.63, 3.8) is 0 Å². The molecule has 0 saturated heterocycles. The maximum atomic E-state index is 12.2. The van der Waals surface area contributed by atoms with Crippen LogP contribution in [0.3, 0.4) is 0 Å². The van der Waals surface area contributed by atoms with Gasteiger partial charge in [-0.1, -0.05) is 18.5 Å². The van der Waals surface area contributed by atoms with E-state index in [2.05, 4.69) is 32.6 Å². The second kappa shape index (κ2) is 6.99. The number of benzene rings is 1. The SMILES string of the molecule is CCNCc1ccc(S(=O)(=O)Nc2ccc(I)cc2Cl)o1. The Kier molecular flexibility index (Phi) is 5.53. The van der Waals surface area contributed by atoms with Crippen molar-refractivity contribution in [2.75, 3.05) is 11.3 Å². The molecule has 0 spiro atoms. The Morgan fingerprint density at radius 3 is 2.71 bits per heavy atom. The molecular formula is C13H14ClIN2O3S. The van der Waals surface area contributed by atoms with Gasteiger partial charge in [-0.15, -0.1) is 0 Å². The minimum atomic E-state index is -3.78. The van der Waals surface area contributed by atoms with Gasteiger partial charge < -0.3 is 9.73 Å². The molecule has 0 radical (unpaired) electrons. The summed E-state index contributed by atoms with van der Waals surface area (Å²) in [7, 11) is -3.78. The summed E-state index contributed by atoms with van der Waals surface area (Å²) in [5.74, 6) is 0.561. The lowest BCUT2D eigenvalue weighted by Gasteiger charge is -2.08. The van der Waals surface area contributed by atoms with Crippen LogP contribution < -0.4 is 10.0 Å². The van der Waals surface area contributed by atoms with Gasteiger partial charge in [0.15, 0.2) is 0 Å². The molecule has 1 aromatic carbocycles. The number of hydrogen-bond donors (Lipinski definition) is 2. The van der Waals surface area contributed by atoms with Crippen LogP contribution in [-0.2, 0) is 16.6 Å². The molecule has 1 heterocycles. The van der Waals surface area contributed by atoms with Crippen LogP contribution in [0.25, 0.3) is 0 Å². The van der Waals surface area contributed by atoms with Crippen molar-refractivity contribution in [1.82, 2.24) is 5.32 Å². The molecule has 0 amide bonds. The Morgan fingerprint density at radius 2 is 2.05 bits per heavy atom. The van der Waals surface area contributed by atoms with Crippen LogP contribution in [0.5, 0.6) is 0 Å². The van der Waals surface area contributed by atoms with Gasteiger partial charge in [-0.05, 0) is 59.5 Å². The second-order valence-electron chi connectivity index (χ2n) is 4.23. The van der Waals surface area contributed by atoms with Crippen LogP contribution in [0.4, 0.5) is 5.69 Å². The molecule has 1 aromatic heterocycles. The smallest absolute Gasteiger partial charge is 0.295 e. The van der Waals surface area contributed by atoms with Crippen molar-refractivity contribution in [3.8, 4) is 0 Å². The van der Waals surface area contributed by atoms with Crippen LogP contribution in [-0.4, -0.2) is 15.0 Å². The van der Waals surface area contributed by atoms with Crippen LogP contribution in [0, 0.1) is 3.57 Å². The molecule has 0 fully saturated rings. The van der Waals surface area contributed by atoms with Crippen molar-refractivity contribution < 1.29 is 12.8 Å². The van der Waals surface area contributed by atoms with E-state index in [0.29, 0.717) is 23.0 Å². The Bertz CT molecular complexity index is 731. The van der Waals surface area contributed by atoms with Crippen LogP contribution in [0.2, 0.25) is 5.02 Å². The maximum absolute atomic E-state index is 12.2. The van der Waals surface area contributed by atoms with Gasteiger partial charge in [0.2, 0.25) is 5.09 Å². The number of furan rings is 1. The third-order valence-electron chi connectivity index (χ3n) is 2.63. The van der Waals surface area contributed by atoms with E-state index in [4.69, 9.17) is 16.0 Å². The zero-order valence-electron chi connectivity index (χ0n) is 11.2. The van der Waals surface area contributed by atoms with E-state index in [9.17, 15) is 8.42 Å². The van der Waals surface area contributed by atoms with Gasteiger partial charge in [0.1, 0.15) is 5.76 Å². The van der Waals surface area contributed by atoms with Crippen molar-refractivity contribution in [2.45, 2.75) is 18.6 Å². The van der Waals surface area contributed by atoms with Gasteiger partial charge in [0.05, 0.1) is 17.3 Å². The van der Waals surface area contributed by atoms with E-state index in [1.165, 1.54) is 6.07 Å². The van der Waals surface area contributed by atoms with E-state index in [0.717, 1.165) is 10.1 Å². The summed E-state index contributed by atoms with van der Waals surface area (Å²) in [6.45, 7) is 3.22. The molecule has 2 N–H and O–H groups in total. The fourth-order valence-corrected chi connectivity index (χ4v) is 3.60. The lowest BCUT2D eigenvalue weighted by atomic mass is 10.3. The standard InChI is InChI=1S/C13H14ClIN2O3S/c1-2-16-8-10-4-6-13(20-10)21(18,19)17-12-5-3-9(15)7-11(12)14/h3-7,16-17H,2,8H2,1H3. The molecule has 0 aliphatic carbocycles. The first-order chi connectivity index (χ1) is 9.92. The highest BCUT2D eigenvalue weighted by Crippen LogP contribution is 2.26. The molecule has 2 rings (SSSR count). The molecule has 114 valence electrons. The lowest BCUT2D eigenvalue weighted by molar-refractivity contribution is 0.405. The number of anilines is 1. The number of sulfonamides is 1. The van der Waals surface area contributed by atoms with Crippen molar-refractivity contribution in [3.05, 3.63) is 44.7 Å². The summed E-state index contributed by atoms with van der Waals surface area (Å²) in [4.78, 5) is 0. The molecule has 0 aliphatic rings. The second-order valence-corrected chi connectivity index (χ2v) is 7.50. The van der Waals surface area contributed by atoms with Crippen molar-refractivity contribution in [2.24, 2.45) is 0 Å². The minimum absolute atomic E-state index is 0.134. The van der Waals surface area contributed by atoms with Gasteiger partial charge in [-0.2, -0.15) is 8.42 Å². The van der Waals surface area contributed by atoms with Gasteiger partial charge in [0, 0.05) is 3.57 Å². The summed E-state index contributed by atoms with van der Waals surface area (Å²) in [5, 5.41) is 3.27. The summed E-state index contributed by atoms with van der Waals surface area (Å²) in [6.07, 6.45) is 0. The normalized spacial score (nSPS) is 11.6. The summed E-state index contributed by atoms with van der Waals surface area (Å²) in [6, 6.07) is 8.12. The van der Waals surface area contributed by atoms with Gasteiger partial charge in [0.25, 0.3) is 10.0 Å². The van der Waals surface area contributed by atoms with Crippen LogP contribution in [0.15, 0.2) is 39.8 Å². The van der Waals surface area contributed by atoms with Gasteiger partial charge >= 0.3 is 0 Å². The first-order valence-electron chi connectivity index (χ1n) is 6.19. The Labute approximate surface area is 142 Å². The van der Waals surface area contributed by atoms with E-state index in [1.807, 2.05) is 6.92 Å². The highest BCUT2D eigenvalue weighted by Gasteiger charge is 2.20. The zero-order chi connectivity index (χ0) is 15.5. The molecule has 21 heavy (non-hydrogen) atoms. The number of rotatable bonds is 6. The molecule has 0 atom stereocenters. The molecule has 0 saturated carbocycles. The third kappa shape index (κ3) is 4.35. The highest BCUT2D eigenvalue weighted by molar-refractivity contribution is 14.1. The summed E-state index contributed by atoms with van der Waals surface area (Å²) >= 11 is 8.12. The zero-order valence-corrected chi connectivity index (χ0v) is 14.9. The molecular weight excluding hydrogens is 427 g/mol. The minimum Gasteiger partial charge on any atom is -0.446 e. The molecule has 0 bridgehead atoms. The number of halogens is 2. The summed E-state index contributed by atoms with van der Waals surface area (Å²) < 4.78 is 33.2. The Hall–Kier alpha value is -0.770. The molecule has 8 heteroatoms. The highest BCUT2D eigenvalue weighted by atomic mass is 127. The Balaban J connectivity index is 2.19. The van der Waals surface area contributed by atoms with Crippen LogP contribution in [0.1, 0.15) is 12.7 Å². The number of nitrogens with one attached hydrogen (secondary N) is 2. The molecule has 2 aromatic rings. The molecule has 0 aliphatic heterocycles. The average molecular weight is 441 g/mol. The summed E-state index contributed by atoms with van der Waals surface area (Å²) in [5.41, 5.74) is 0.321. The van der Waals surface area contributed by atoms with Gasteiger partial charge in [-0.3, -0.25) is 4.72 Å². The third-order valence-corrected chi connectivity index (χ3v) is 4.85. The predicted molar refractivity (Wildman–Crippen MR) is 91.1 cm³/mol. The fraction of sp³-hybridized carbons (Fsp3) is 0.231. The maximum Gasteiger partial charge on any atom is 0.295 e. The van der Waals surface area contributed by atoms with E-state index in [1.54, 1.807) is 24.3 Å².